The summed E-state index contributed by atoms with van der Waals surface area (Å²) in [5.41, 5.74) is 4.65. The number of piperidine rings is 3. The Morgan fingerprint density at radius 1 is 0.810 bits per heavy atom. The second-order valence-corrected chi connectivity index (χ2v) is 17.6. The summed E-state index contributed by atoms with van der Waals surface area (Å²) in [4.78, 5) is 72.3. The van der Waals surface area contributed by atoms with Gasteiger partial charge in [0.15, 0.2) is 0 Å². The SMILES string of the molecule is [C-]#[N+]c1ccc(N2CC3(CCN(c4ccc(N5CCC(CN6CCN(c7ccc8c(c7)C(=O)N(C7CCC(=O)NC7=O)C8=O)CC6)CC5)cn4)CC3)C[C@@H]2C)cc1Cl. The third-order valence-corrected chi connectivity index (χ3v) is 14.0. The van der Waals surface area contributed by atoms with E-state index < -0.39 is 23.8 Å². The van der Waals surface area contributed by atoms with Crippen LogP contribution in [-0.2, 0) is 9.59 Å². The van der Waals surface area contributed by atoms with Crippen molar-refractivity contribution in [1.29, 1.82) is 0 Å². The fourth-order valence-corrected chi connectivity index (χ4v) is 10.6. The summed E-state index contributed by atoms with van der Waals surface area (Å²) >= 11 is 6.40. The first-order valence-electron chi connectivity index (χ1n) is 20.8. The molecule has 6 aliphatic rings. The smallest absolute Gasteiger partial charge is 0.262 e. The van der Waals surface area contributed by atoms with Crippen molar-refractivity contribution in [2.75, 3.05) is 85.0 Å². The predicted octanol–water partition coefficient (Wildman–Crippen LogP) is 5.61. The molecular formula is C44H50ClN9O4. The quantitative estimate of drug-likeness (QED) is 0.239. The van der Waals surface area contributed by atoms with Gasteiger partial charge in [-0.05, 0) is 99.2 Å². The first-order valence-corrected chi connectivity index (χ1v) is 21.2. The Hall–Kier alpha value is -5.19. The van der Waals surface area contributed by atoms with Gasteiger partial charge in [-0.15, -0.1) is 0 Å². The van der Waals surface area contributed by atoms with E-state index in [0.717, 1.165) is 113 Å². The molecule has 5 fully saturated rings. The minimum atomic E-state index is -0.959. The van der Waals surface area contributed by atoms with Crippen molar-refractivity contribution in [3.8, 4) is 0 Å². The topological polar surface area (TPSA) is 117 Å². The standard InChI is InChI=1S/C44H50ClN9O4/c1-29-25-44(28-53(29)32-4-7-37(46-2)36(45)24-32)13-17-52(18-14-44)39-9-5-33(26-47-39)50-15-11-30(12-16-50)27-49-19-21-51(22-20-49)31-3-6-34-35(23-31)43(58)54(42(34)57)38-8-10-40(55)48-41(38)56/h3-7,9,23-24,26,29-30,38H,8,10-22,25,27-28H2,1H3,(H,48,55,56)/t29-,38?/m0/s1. The molecule has 4 amide bonds. The van der Waals surface area contributed by atoms with Crippen LogP contribution in [0.4, 0.5) is 28.6 Å². The maximum atomic E-state index is 13.3. The Bertz CT molecular complexity index is 2150. The predicted molar refractivity (Wildman–Crippen MR) is 224 cm³/mol. The van der Waals surface area contributed by atoms with Crippen LogP contribution in [0.15, 0.2) is 54.7 Å². The molecule has 2 aromatic carbocycles. The Balaban J connectivity index is 0.721. The van der Waals surface area contributed by atoms with Gasteiger partial charge in [-0.1, -0.05) is 17.7 Å². The lowest BCUT2D eigenvalue weighted by Gasteiger charge is -2.40. The molecule has 14 heteroatoms. The van der Waals surface area contributed by atoms with Crippen molar-refractivity contribution in [1.82, 2.24) is 20.1 Å². The van der Waals surface area contributed by atoms with Crippen molar-refractivity contribution in [3.63, 3.8) is 0 Å². The molecule has 7 heterocycles. The van der Waals surface area contributed by atoms with Crippen LogP contribution in [0.1, 0.15) is 72.6 Å². The maximum absolute atomic E-state index is 13.3. The third-order valence-electron chi connectivity index (χ3n) is 13.7. The van der Waals surface area contributed by atoms with Crippen LogP contribution in [-0.4, -0.2) is 116 Å². The van der Waals surface area contributed by atoms with E-state index in [1.165, 1.54) is 12.1 Å². The van der Waals surface area contributed by atoms with Crippen LogP contribution in [0, 0.1) is 17.9 Å². The van der Waals surface area contributed by atoms with E-state index in [9.17, 15) is 19.2 Å². The van der Waals surface area contributed by atoms with Crippen molar-refractivity contribution in [2.45, 2.75) is 64.0 Å². The van der Waals surface area contributed by atoms with Gasteiger partial charge in [0.2, 0.25) is 17.5 Å². The second kappa shape index (κ2) is 15.5. The van der Waals surface area contributed by atoms with E-state index in [0.29, 0.717) is 33.8 Å². The summed E-state index contributed by atoms with van der Waals surface area (Å²) in [7, 11) is 0. The largest absolute Gasteiger partial charge is 0.370 e. The van der Waals surface area contributed by atoms with E-state index in [1.54, 1.807) is 12.1 Å². The van der Waals surface area contributed by atoms with Gasteiger partial charge in [-0.25, -0.2) is 9.83 Å². The highest BCUT2D eigenvalue weighted by Gasteiger charge is 2.46. The Morgan fingerprint density at radius 3 is 2.21 bits per heavy atom. The Kier molecular flexibility index (Phi) is 10.3. The lowest BCUT2D eigenvalue weighted by atomic mass is 9.77. The summed E-state index contributed by atoms with van der Waals surface area (Å²) < 4.78 is 0. The number of imide groups is 2. The normalized spacial score (nSPS) is 24.1. The van der Waals surface area contributed by atoms with E-state index in [2.05, 4.69) is 59.9 Å². The van der Waals surface area contributed by atoms with Crippen molar-refractivity contribution in [2.24, 2.45) is 11.3 Å². The zero-order valence-corrected chi connectivity index (χ0v) is 33.8. The number of amides is 4. The highest BCUT2D eigenvalue weighted by Crippen LogP contribution is 2.46. The number of piperazine rings is 1. The molecule has 0 aliphatic carbocycles. The van der Waals surface area contributed by atoms with E-state index in [-0.39, 0.29) is 24.2 Å². The summed E-state index contributed by atoms with van der Waals surface area (Å²) in [5, 5.41) is 2.78. The van der Waals surface area contributed by atoms with Crippen LogP contribution in [0.25, 0.3) is 4.85 Å². The molecular weight excluding hydrogens is 754 g/mol. The number of benzene rings is 2. The molecule has 0 saturated carbocycles. The number of nitrogens with one attached hydrogen (secondary N) is 1. The fraction of sp³-hybridized carbons (Fsp3) is 0.500. The summed E-state index contributed by atoms with van der Waals surface area (Å²) in [5.74, 6) is -0.216. The molecule has 1 aromatic heterocycles. The molecule has 5 saturated heterocycles. The van der Waals surface area contributed by atoms with Crippen LogP contribution >= 0.6 is 11.6 Å². The minimum absolute atomic E-state index is 0.103. The van der Waals surface area contributed by atoms with Gasteiger partial charge < -0.3 is 19.6 Å². The summed E-state index contributed by atoms with van der Waals surface area (Å²) in [6, 6.07) is 15.1. The van der Waals surface area contributed by atoms with Crippen LogP contribution in [0.5, 0.6) is 0 Å². The van der Waals surface area contributed by atoms with Gasteiger partial charge in [0.05, 0.1) is 29.6 Å². The fourth-order valence-electron chi connectivity index (χ4n) is 10.3. The maximum Gasteiger partial charge on any atom is 0.262 e. The van der Waals surface area contributed by atoms with Gasteiger partial charge in [-0.2, -0.15) is 0 Å². The zero-order valence-electron chi connectivity index (χ0n) is 33.0. The number of carbonyl (C=O) groups is 4. The zero-order chi connectivity index (χ0) is 40.1. The molecule has 1 unspecified atom stereocenters. The number of nitrogens with zero attached hydrogens (tertiary/aromatic N) is 8. The monoisotopic (exact) mass is 803 g/mol. The lowest BCUT2D eigenvalue weighted by Crippen LogP contribution is -2.54. The molecule has 1 spiro atoms. The first-order chi connectivity index (χ1) is 28.1. The van der Waals surface area contributed by atoms with E-state index in [1.807, 2.05) is 24.3 Å². The molecule has 58 heavy (non-hydrogen) atoms. The number of hydrogen-bond acceptors (Lipinski definition) is 10. The first kappa shape index (κ1) is 38.3. The van der Waals surface area contributed by atoms with Crippen molar-refractivity contribution < 1.29 is 19.2 Å². The van der Waals surface area contributed by atoms with Crippen molar-refractivity contribution >= 4 is 63.8 Å². The molecule has 0 radical (unpaired) electrons. The van der Waals surface area contributed by atoms with E-state index >= 15 is 0 Å². The molecule has 9 rings (SSSR count). The van der Waals surface area contributed by atoms with Crippen molar-refractivity contribution in [3.05, 3.63) is 82.3 Å². The number of halogens is 1. The summed E-state index contributed by atoms with van der Waals surface area (Å²) in [6.45, 7) is 19.3. The number of carbonyl (C=O) groups excluding carboxylic acids is 4. The molecule has 1 N–H and O–H groups in total. The molecule has 6 aliphatic heterocycles. The van der Waals surface area contributed by atoms with Crippen LogP contribution in [0.3, 0.4) is 0 Å². The van der Waals surface area contributed by atoms with Gasteiger partial charge in [0.25, 0.3) is 11.8 Å². The highest BCUT2D eigenvalue weighted by molar-refractivity contribution is 6.33. The second-order valence-electron chi connectivity index (χ2n) is 17.2. The third kappa shape index (κ3) is 7.26. The number of fused-ring (bicyclic) bond motifs is 1. The van der Waals surface area contributed by atoms with Gasteiger partial charge in [0.1, 0.15) is 11.9 Å². The van der Waals surface area contributed by atoms with Gasteiger partial charge in [0, 0.05) is 94.3 Å². The lowest BCUT2D eigenvalue weighted by molar-refractivity contribution is -0.136. The molecule has 3 aromatic rings. The van der Waals surface area contributed by atoms with E-state index in [4.69, 9.17) is 23.2 Å². The van der Waals surface area contributed by atoms with Crippen LogP contribution < -0.4 is 24.9 Å². The highest BCUT2D eigenvalue weighted by atomic mass is 35.5. The van der Waals surface area contributed by atoms with Crippen LogP contribution in [0.2, 0.25) is 5.02 Å². The molecule has 2 atom stereocenters. The number of anilines is 4. The average Bonchev–Trinajstić information content (AvgIpc) is 3.69. The average molecular weight is 804 g/mol. The number of rotatable bonds is 7. The Labute approximate surface area is 344 Å². The molecule has 302 valence electrons. The molecule has 0 bridgehead atoms. The van der Waals surface area contributed by atoms with Gasteiger partial charge in [-0.3, -0.25) is 34.3 Å². The number of hydrogen-bond donors (Lipinski definition) is 1. The Morgan fingerprint density at radius 2 is 1.52 bits per heavy atom. The minimum Gasteiger partial charge on any atom is -0.370 e. The summed E-state index contributed by atoms with van der Waals surface area (Å²) in [6.07, 6.45) is 8.04. The number of pyridine rings is 1. The number of aromatic nitrogens is 1. The van der Waals surface area contributed by atoms with Gasteiger partial charge >= 0.3 is 0 Å². The molecule has 13 nitrogen and oxygen atoms in total.